The number of nitrogens with zero attached hydrogens (tertiary/aromatic N) is 2. The third-order valence-electron chi connectivity index (χ3n) is 4.65. The number of carbonyl (C=O) groups is 1. The maximum Gasteiger partial charge on any atom is 0.258 e. The molecule has 0 fully saturated rings. The predicted molar refractivity (Wildman–Crippen MR) is 109 cm³/mol. The van der Waals surface area contributed by atoms with E-state index in [-0.39, 0.29) is 18.6 Å². The summed E-state index contributed by atoms with van der Waals surface area (Å²) >= 11 is 0. The Kier molecular flexibility index (Phi) is 5.06. The molecule has 4 rings (SSSR count). The number of rotatable bonds is 6. The van der Waals surface area contributed by atoms with Crippen molar-refractivity contribution in [2.24, 2.45) is 7.05 Å². The summed E-state index contributed by atoms with van der Waals surface area (Å²) in [6, 6.07) is 23.3. The Bertz CT molecular complexity index is 1090. The molecule has 1 aromatic heterocycles. The molecule has 28 heavy (non-hydrogen) atoms. The van der Waals surface area contributed by atoms with E-state index >= 15 is 0 Å². The Morgan fingerprint density at radius 2 is 1.79 bits per heavy atom. The summed E-state index contributed by atoms with van der Waals surface area (Å²) in [5, 5.41) is 5.25. The number of imidazole rings is 1. The van der Waals surface area contributed by atoms with Gasteiger partial charge in [-0.2, -0.15) is 0 Å². The average molecular weight is 371 g/mol. The molecule has 4 aromatic rings. The van der Waals surface area contributed by atoms with Crippen molar-refractivity contribution in [1.82, 2.24) is 14.9 Å². The van der Waals surface area contributed by atoms with E-state index in [9.17, 15) is 4.79 Å². The highest BCUT2D eigenvalue weighted by Crippen LogP contribution is 2.22. The minimum Gasteiger partial charge on any atom is -0.484 e. The lowest BCUT2D eigenvalue weighted by molar-refractivity contribution is -0.123. The Morgan fingerprint density at radius 1 is 1.04 bits per heavy atom. The fraction of sp³-hybridized carbons (Fsp3) is 0.130. The van der Waals surface area contributed by atoms with Gasteiger partial charge in [0, 0.05) is 19.4 Å². The van der Waals surface area contributed by atoms with Crippen LogP contribution in [0, 0.1) is 0 Å². The third-order valence-corrected chi connectivity index (χ3v) is 4.65. The van der Waals surface area contributed by atoms with Crippen LogP contribution in [0.15, 0.2) is 85.2 Å². The van der Waals surface area contributed by atoms with Gasteiger partial charge in [0.1, 0.15) is 17.6 Å². The number of hydrogen-bond donors (Lipinski definition) is 1. The summed E-state index contributed by atoms with van der Waals surface area (Å²) < 4.78 is 7.63. The summed E-state index contributed by atoms with van der Waals surface area (Å²) in [6.45, 7) is -0.0634. The second-order valence-electron chi connectivity index (χ2n) is 6.61. The lowest BCUT2D eigenvalue weighted by atomic mass is 10.1. The molecule has 3 aromatic carbocycles. The number of ether oxygens (including phenoxy) is 1. The summed E-state index contributed by atoms with van der Waals surface area (Å²) in [5.74, 6) is 1.23. The van der Waals surface area contributed by atoms with E-state index in [1.165, 1.54) is 0 Å². The van der Waals surface area contributed by atoms with E-state index in [0.717, 1.165) is 22.2 Å². The quantitative estimate of drug-likeness (QED) is 0.560. The van der Waals surface area contributed by atoms with Crippen molar-refractivity contribution in [2.75, 3.05) is 6.61 Å². The standard InChI is InChI=1S/C23H21N3O2/c1-26-14-13-24-23(26)22(18-8-3-2-4-9-18)25-21(27)16-28-20-12-11-17-7-5-6-10-19(17)15-20/h2-15,22H,16H2,1H3,(H,25,27)/t22-/m1/s1. The van der Waals surface area contributed by atoms with Gasteiger partial charge in [-0.05, 0) is 28.5 Å². The average Bonchev–Trinajstić information content (AvgIpc) is 3.16. The molecule has 1 amide bonds. The molecule has 1 atom stereocenters. The summed E-state index contributed by atoms with van der Waals surface area (Å²) in [5.41, 5.74) is 0.968. The number of carbonyl (C=O) groups excluding carboxylic acids is 1. The Balaban J connectivity index is 1.47. The van der Waals surface area contributed by atoms with Crippen LogP contribution in [0.1, 0.15) is 17.4 Å². The number of fused-ring (bicyclic) bond motifs is 1. The molecule has 0 aliphatic carbocycles. The predicted octanol–water partition coefficient (Wildman–Crippen LogP) is 3.86. The van der Waals surface area contributed by atoms with Crippen LogP contribution in [0.5, 0.6) is 5.75 Å². The molecular formula is C23H21N3O2. The van der Waals surface area contributed by atoms with Gasteiger partial charge in [-0.25, -0.2) is 4.98 Å². The van der Waals surface area contributed by atoms with Crippen molar-refractivity contribution in [1.29, 1.82) is 0 Å². The number of aryl methyl sites for hydroxylation is 1. The molecule has 1 heterocycles. The lowest BCUT2D eigenvalue weighted by Gasteiger charge is -2.19. The highest BCUT2D eigenvalue weighted by molar-refractivity contribution is 5.84. The smallest absolute Gasteiger partial charge is 0.258 e. The van der Waals surface area contributed by atoms with Crippen molar-refractivity contribution in [3.8, 4) is 5.75 Å². The molecule has 0 unspecified atom stereocenters. The summed E-state index contributed by atoms with van der Waals surface area (Å²) in [6.07, 6.45) is 3.59. The number of benzene rings is 3. The van der Waals surface area contributed by atoms with Crippen molar-refractivity contribution in [2.45, 2.75) is 6.04 Å². The molecule has 0 saturated carbocycles. The van der Waals surface area contributed by atoms with Crippen molar-refractivity contribution in [3.05, 3.63) is 96.6 Å². The first-order chi connectivity index (χ1) is 13.7. The minimum atomic E-state index is -0.339. The topological polar surface area (TPSA) is 56.2 Å². The second-order valence-corrected chi connectivity index (χ2v) is 6.61. The zero-order valence-electron chi connectivity index (χ0n) is 15.6. The molecular weight excluding hydrogens is 350 g/mol. The van der Waals surface area contributed by atoms with Crippen LogP contribution in [0.25, 0.3) is 10.8 Å². The number of nitrogens with one attached hydrogen (secondary N) is 1. The van der Waals surface area contributed by atoms with Gasteiger partial charge in [-0.1, -0.05) is 60.7 Å². The van der Waals surface area contributed by atoms with Gasteiger partial charge < -0.3 is 14.6 Å². The van der Waals surface area contributed by atoms with Gasteiger partial charge in [0.25, 0.3) is 5.91 Å². The molecule has 140 valence electrons. The van der Waals surface area contributed by atoms with Crippen molar-refractivity contribution in [3.63, 3.8) is 0 Å². The van der Waals surface area contributed by atoms with Gasteiger partial charge in [-0.15, -0.1) is 0 Å². The largest absolute Gasteiger partial charge is 0.484 e. The second kappa shape index (κ2) is 7.96. The fourth-order valence-electron chi connectivity index (χ4n) is 3.21. The molecule has 0 spiro atoms. The van der Waals surface area contributed by atoms with Crippen LogP contribution in [0.3, 0.4) is 0 Å². The minimum absolute atomic E-state index is 0.0634. The van der Waals surface area contributed by atoms with Crippen LogP contribution < -0.4 is 10.1 Å². The molecule has 0 bridgehead atoms. The first-order valence-corrected chi connectivity index (χ1v) is 9.14. The van der Waals surface area contributed by atoms with Crippen LogP contribution in [-0.2, 0) is 11.8 Å². The number of amides is 1. The zero-order valence-corrected chi connectivity index (χ0v) is 15.6. The third kappa shape index (κ3) is 3.88. The van der Waals surface area contributed by atoms with E-state index in [2.05, 4.69) is 10.3 Å². The maximum atomic E-state index is 12.6. The van der Waals surface area contributed by atoms with Gasteiger partial charge in [0.2, 0.25) is 0 Å². The van der Waals surface area contributed by atoms with E-state index in [4.69, 9.17) is 4.74 Å². The number of aromatic nitrogens is 2. The molecule has 5 nitrogen and oxygen atoms in total. The first-order valence-electron chi connectivity index (χ1n) is 9.14. The SMILES string of the molecule is Cn1ccnc1[C@H](NC(=O)COc1ccc2ccccc2c1)c1ccccc1. The Labute approximate surface area is 163 Å². The monoisotopic (exact) mass is 371 g/mol. The summed E-state index contributed by atoms with van der Waals surface area (Å²) in [4.78, 5) is 17.0. The van der Waals surface area contributed by atoms with Gasteiger partial charge in [0.15, 0.2) is 6.61 Å². The normalized spacial score (nSPS) is 11.9. The molecule has 0 radical (unpaired) electrons. The highest BCUT2D eigenvalue weighted by atomic mass is 16.5. The van der Waals surface area contributed by atoms with Gasteiger partial charge >= 0.3 is 0 Å². The summed E-state index contributed by atoms with van der Waals surface area (Å²) in [7, 11) is 1.91. The fourth-order valence-corrected chi connectivity index (χ4v) is 3.21. The molecule has 0 aliphatic heterocycles. The molecule has 0 aliphatic rings. The first kappa shape index (κ1) is 17.8. The van der Waals surface area contributed by atoms with E-state index < -0.39 is 0 Å². The number of hydrogen-bond acceptors (Lipinski definition) is 3. The van der Waals surface area contributed by atoms with Crippen LogP contribution in [0.2, 0.25) is 0 Å². The Hall–Kier alpha value is -3.60. The maximum absolute atomic E-state index is 12.6. The van der Waals surface area contributed by atoms with E-state index in [0.29, 0.717) is 5.75 Å². The van der Waals surface area contributed by atoms with E-state index in [1.54, 1.807) is 6.20 Å². The molecule has 1 N–H and O–H groups in total. The molecule has 0 saturated heterocycles. The highest BCUT2D eigenvalue weighted by Gasteiger charge is 2.20. The van der Waals surface area contributed by atoms with Crippen LogP contribution in [0.4, 0.5) is 0 Å². The van der Waals surface area contributed by atoms with Gasteiger partial charge in [-0.3, -0.25) is 4.79 Å². The van der Waals surface area contributed by atoms with Crippen molar-refractivity contribution < 1.29 is 9.53 Å². The van der Waals surface area contributed by atoms with Gasteiger partial charge in [0.05, 0.1) is 0 Å². The van der Waals surface area contributed by atoms with E-state index in [1.807, 2.05) is 90.6 Å². The van der Waals surface area contributed by atoms with Crippen LogP contribution >= 0.6 is 0 Å². The zero-order chi connectivity index (χ0) is 19.3. The lowest BCUT2D eigenvalue weighted by Crippen LogP contribution is -2.34. The van der Waals surface area contributed by atoms with Crippen LogP contribution in [-0.4, -0.2) is 22.1 Å². The van der Waals surface area contributed by atoms with Crippen molar-refractivity contribution >= 4 is 16.7 Å². The Morgan fingerprint density at radius 3 is 2.54 bits per heavy atom. The molecule has 5 heteroatoms.